The number of amides is 1. The first-order valence-electron chi connectivity index (χ1n) is 9.66. The van der Waals surface area contributed by atoms with E-state index in [4.69, 9.17) is 4.42 Å². The summed E-state index contributed by atoms with van der Waals surface area (Å²) in [5, 5.41) is 3.83. The summed E-state index contributed by atoms with van der Waals surface area (Å²) in [5.74, 6) is 0.579. The average molecular weight is 451 g/mol. The zero-order valence-corrected chi connectivity index (χ0v) is 17.3. The molecule has 5 rings (SSSR count). The molecule has 1 amide bonds. The molecule has 0 spiro atoms. The molecule has 0 saturated carbocycles. The predicted molar refractivity (Wildman–Crippen MR) is 116 cm³/mol. The highest BCUT2D eigenvalue weighted by Crippen LogP contribution is 2.34. The third-order valence-corrected chi connectivity index (χ3v) is 5.65. The summed E-state index contributed by atoms with van der Waals surface area (Å²) >= 11 is 3.45. The van der Waals surface area contributed by atoms with E-state index in [2.05, 4.69) is 36.1 Å². The molecule has 3 heterocycles. The van der Waals surface area contributed by atoms with E-state index in [0.29, 0.717) is 23.5 Å². The summed E-state index contributed by atoms with van der Waals surface area (Å²) in [6.07, 6.45) is 2.21. The van der Waals surface area contributed by atoms with Crippen LogP contribution in [0.5, 0.6) is 0 Å². The van der Waals surface area contributed by atoms with Crippen molar-refractivity contribution in [1.82, 2.24) is 15.3 Å². The molecule has 4 aromatic rings. The second-order valence-electron chi connectivity index (χ2n) is 7.15. The highest BCUT2D eigenvalue weighted by Gasteiger charge is 2.24. The first-order chi connectivity index (χ1) is 14.2. The van der Waals surface area contributed by atoms with Gasteiger partial charge in [0, 0.05) is 29.5 Å². The standard InChI is InChI=1S/C22H19BrN4O2/c23-15-7-5-6-14(12-15)13-24-22(28)20-25-18-16-8-1-2-9-17(16)29-19(18)21(26-20)27-10-3-4-11-27/h1-2,5-9,12H,3-4,10-11,13H2,(H,24,28). The molecule has 2 aromatic carbocycles. The van der Waals surface area contributed by atoms with Crippen molar-refractivity contribution in [2.45, 2.75) is 19.4 Å². The van der Waals surface area contributed by atoms with Crippen LogP contribution in [0.2, 0.25) is 0 Å². The SMILES string of the molecule is O=C(NCc1cccc(Br)c1)c1nc(N2CCCC2)c2oc3ccccc3c2n1. The normalized spacial score (nSPS) is 14.0. The molecule has 0 aliphatic carbocycles. The van der Waals surface area contributed by atoms with Crippen LogP contribution in [0.25, 0.3) is 22.1 Å². The molecule has 1 fully saturated rings. The van der Waals surface area contributed by atoms with Crippen LogP contribution in [-0.2, 0) is 6.54 Å². The fourth-order valence-electron chi connectivity index (χ4n) is 3.73. The summed E-state index contributed by atoms with van der Waals surface area (Å²) in [5.41, 5.74) is 3.09. The van der Waals surface area contributed by atoms with Gasteiger partial charge in [0.05, 0.1) is 0 Å². The number of nitrogens with one attached hydrogen (secondary N) is 1. The maximum absolute atomic E-state index is 12.9. The first-order valence-corrected chi connectivity index (χ1v) is 10.5. The van der Waals surface area contributed by atoms with Crippen LogP contribution in [0.3, 0.4) is 0 Å². The number of halogens is 1. The highest BCUT2D eigenvalue weighted by atomic mass is 79.9. The lowest BCUT2D eigenvalue weighted by Gasteiger charge is -2.17. The Bertz CT molecular complexity index is 1210. The summed E-state index contributed by atoms with van der Waals surface area (Å²) in [4.78, 5) is 24.2. The van der Waals surface area contributed by atoms with Crippen LogP contribution in [-0.4, -0.2) is 29.0 Å². The molecule has 0 atom stereocenters. The van der Waals surface area contributed by atoms with E-state index < -0.39 is 0 Å². The van der Waals surface area contributed by atoms with E-state index >= 15 is 0 Å². The van der Waals surface area contributed by atoms with Crippen LogP contribution in [0.1, 0.15) is 29.0 Å². The predicted octanol–water partition coefficient (Wildman–Crippen LogP) is 4.67. The summed E-state index contributed by atoms with van der Waals surface area (Å²) in [6.45, 7) is 2.22. The van der Waals surface area contributed by atoms with Gasteiger partial charge in [0.15, 0.2) is 11.4 Å². The largest absolute Gasteiger partial charge is 0.450 e. The summed E-state index contributed by atoms with van der Waals surface area (Å²) in [6, 6.07) is 15.6. The van der Waals surface area contributed by atoms with Crippen molar-refractivity contribution >= 4 is 49.7 Å². The molecule has 1 N–H and O–H groups in total. The van der Waals surface area contributed by atoms with Gasteiger partial charge in [-0.1, -0.05) is 40.2 Å². The number of aromatic nitrogens is 2. The Labute approximate surface area is 176 Å². The molecule has 6 nitrogen and oxygen atoms in total. The summed E-state index contributed by atoms with van der Waals surface area (Å²) in [7, 11) is 0. The fourth-order valence-corrected chi connectivity index (χ4v) is 4.18. The van der Waals surface area contributed by atoms with Crippen molar-refractivity contribution in [1.29, 1.82) is 0 Å². The summed E-state index contributed by atoms with van der Waals surface area (Å²) < 4.78 is 7.04. The molecule has 0 bridgehead atoms. The van der Waals surface area contributed by atoms with E-state index in [1.54, 1.807) is 0 Å². The Balaban J connectivity index is 1.54. The van der Waals surface area contributed by atoms with Gasteiger partial charge in [-0.05, 0) is 42.7 Å². The number of furan rings is 1. The zero-order chi connectivity index (χ0) is 19.8. The Morgan fingerprint density at radius 3 is 2.76 bits per heavy atom. The van der Waals surface area contributed by atoms with Crippen molar-refractivity contribution in [3.63, 3.8) is 0 Å². The van der Waals surface area contributed by atoms with Gasteiger partial charge >= 0.3 is 0 Å². The lowest BCUT2D eigenvalue weighted by Crippen LogP contribution is -2.27. The van der Waals surface area contributed by atoms with E-state index in [9.17, 15) is 4.79 Å². The zero-order valence-electron chi connectivity index (χ0n) is 15.7. The topological polar surface area (TPSA) is 71.3 Å². The second kappa shape index (κ2) is 7.48. The van der Waals surface area contributed by atoms with Crippen LogP contribution >= 0.6 is 15.9 Å². The van der Waals surface area contributed by atoms with Crippen molar-refractivity contribution in [3.8, 4) is 0 Å². The molecule has 1 saturated heterocycles. The third-order valence-electron chi connectivity index (χ3n) is 5.15. The van der Waals surface area contributed by atoms with Crippen molar-refractivity contribution in [2.24, 2.45) is 0 Å². The van der Waals surface area contributed by atoms with E-state index in [0.717, 1.165) is 46.9 Å². The number of hydrogen-bond acceptors (Lipinski definition) is 5. The molecule has 146 valence electrons. The minimum atomic E-state index is -0.294. The fraction of sp³-hybridized carbons (Fsp3) is 0.227. The minimum absolute atomic E-state index is 0.168. The maximum Gasteiger partial charge on any atom is 0.289 e. The Hall–Kier alpha value is -2.93. The Morgan fingerprint density at radius 2 is 1.93 bits per heavy atom. The lowest BCUT2D eigenvalue weighted by atomic mass is 10.2. The molecular weight excluding hydrogens is 432 g/mol. The van der Waals surface area contributed by atoms with Gasteiger partial charge in [-0.2, -0.15) is 0 Å². The van der Waals surface area contributed by atoms with Crippen LogP contribution in [0, 0.1) is 0 Å². The number of rotatable bonds is 4. The Morgan fingerprint density at radius 1 is 1.10 bits per heavy atom. The molecule has 2 aromatic heterocycles. The van der Waals surface area contributed by atoms with Crippen molar-refractivity contribution < 1.29 is 9.21 Å². The highest BCUT2D eigenvalue weighted by molar-refractivity contribution is 9.10. The van der Waals surface area contributed by atoms with Gasteiger partial charge in [0.1, 0.15) is 11.1 Å². The van der Waals surface area contributed by atoms with Crippen molar-refractivity contribution in [2.75, 3.05) is 18.0 Å². The molecule has 29 heavy (non-hydrogen) atoms. The molecule has 1 aliphatic heterocycles. The molecule has 0 unspecified atom stereocenters. The van der Waals surface area contributed by atoms with Gasteiger partial charge < -0.3 is 14.6 Å². The second-order valence-corrected chi connectivity index (χ2v) is 8.07. The number of benzene rings is 2. The van der Waals surface area contributed by atoms with E-state index in [1.165, 1.54) is 0 Å². The average Bonchev–Trinajstić information content (AvgIpc) is 3.39. The van der Waals surface area contributed by atoms with Gasteiger partial charge in [-0.25, -0.2) is 9.97 Å². The maximum atomic E-state index is 12.9. The molecule has 0 radical (unpaired) electrons. The van der Waals surface area contributed by atoms with Gasteiger partial charge in [-0.15, -0.1) is 0 Å². The van der Waals surface area contributed by atoms with E-state index in [-0.39, 0.29) is 11.7 Å². The lowest BCUT2D eigenvalue weighted by molar-refractivity contribution is 0.0941. The number of carbonyl (C=O) groups excluding carboxylic acids is 1. The number of anilines is 1. The quantitative estimate of drug-likeness (QED) is 0.489. The number of nitrogens with zero attached hydrogens (tertiary/aromatic N) is 3. The van der Waals surface area contributed by atoms with Crippen molar-refractivity contribution in [3.05, 3.63) is 64.4 Å². The minimum Gasteiger partial charge on any atom is -0.450 e. The number of fused-ring (bicyclic) bond motifs is 3. The molecule has 7 heteroatoms. The number of hydrogen-bond donors (Lipinski definition) is 1. The smallest absolute Gasteiger partial charge is 0.289 e. The number of para-hydroxylation sites is 1. The van der Waals surface area contributed by atoms with Gasteiger partial charge in [0.2, 0.25) is 5.82 Å². The number of carbonyl (C=O) groups is 1. The van der Waals surface area contributed by atoms with Crippen LogP contribution in [0.15, 0.2) is 57.4 Å². The third kappa shape index (κ3) is 3.46. The monoisotopic (exact) mass is 450 g/mol. The van der Waals surface area contributed by atoms with Gasteiger partial charge in [-0.3, -0.25) is 4.79 Å². The Kier molecular flexibility index (Phi) is 4.67. The van der Waals surface area contributed by atoms with Crippen LogP contribution in [0.4, 0.5) is 5.82 Å². The van der Waals surface area contributed by atoms with E-state index in [1.807, 2.05) is 48.5 Å². The molecular formula is C22H19BrN4O2. The first kappa shape index (κ1) is 18.1. The van der Waals surface area contributed by atoms with Gasteiger partial charge in [0.25, 0.3) is 5.91 Å². The van der Waals surface area contributed by atoms with Crippen LogP contribution < -0.4 is 10.2 Å². The molecule has 1 aliphatic rings.